The van der Waals surface area contributed by atoms with Crippen molar-refractivity contribution in [1.82, 2.24) is 19.6 Å². The molecule has 3 fully saturated rings. The van der Waals surface area contributed by atoms with Crippen molar-refractivity contribution in [3.8, 4) is 0 Å². The summed E-state index contributed by atoms with van der Waals surface area (Å²) in [5.41, 5.74) is 0. The maximum atomic E-state index is 12.8. The van der Waals surface area contributed by atoms with Gasteiger partial charge >= 0.3 is 0 Å². The van der Waals surface area contributed by atoms with Crippen molar-refractivity contribution in [1.29, 1.82) is 0 Å². The molecule has 2 atom stereocenters. The van der Waals surface area contributed by atoms with Crippen LogP contribution in [0.5, 0.6) is 0 Å². The predicted molar refractivity (Wildman–Crippen MR) is 114 cm³/mol. The van der Waals surface area contributed by atoms with Gasteiger partial charge in [0.05, 0.1) is 0 Å². The minimum Gasteiger partial charge on any atom is -0.345 e. The number of rotatable bonds is 4. The zero-order valence-corrected chi connectivity index (χ0v) is 18.4. The first-order valence-electron chi connectivity index (χ1n) is 9.82. The number of carbonyl (C=O) groups is 1. The lowest BCUT2D eigenvalue weighted by molar-refractivity contribution is -0.132. The molecule has 0 aliphatic carbocycles. The van der Waals surface area contributed by atoms with Gasteiger partial charge in [0.15, 0.2) is 0 Å². The molecule has 6 nitrogen and oxygen atoms in total. The number of amides is 1. The lowest BCUT2D eigenvalue weighted by Gasteiger charge is -2.30. The van der Waals surface area contributed by atoms with E-state index in [1.165, 1.54) is 37.2 Å². The number of hydrogen-bond donors (Lipinski definition) is 1. The fraction of sp³-hybridized carbons (Fsp3) is 0.833. The van der Waals surface area contributed by atoms with Gasteiger partial charge < -0.3 is 15.1 Å². The van der Waals surface area contributed by atoms with Crippen LogP contribution >= 0.6 is 36.3 Å². The summed E-state index contributed by atoms with van der Waals surface area (Å²) in [4.78, 5) is 21.8. The summed E-state index contributed by atoms with van der Waals surface area (Å²) in [5, 5.41) is 4.69. The normalized spacial score (nSPS) is 27.5. The molecule has 1 aromatic heterocycles. The molecule has 2 bridgehead atoms. The Hall–Kier alpha value is -0.630. The lowest BCUT2D eigenvalue weighted by atomic mass is 9.89. The molecule has 1 aromatic rings. The number of aromatic nitrogens is 2. The topological polar surface area (TPSA) is 61.4 Å². The Morgan fingerprint density at radius 3 is 2.56 bits per heavy atom. The van der Waals surface area contributed by atoms with E-state index in [4.69, 9.17) is 0 Å². The second-order valence-electron chi connectivity index (χ2n) is 7.75. The van der Waals surface area contributed by atoms with Crippen LogP contribution in [0.3, 0.4) is 0 Å². The summed E-state index contributed by atoms with van der Waals surface area (Å²) in [6.45, 7) is 5.63. The molecule has 3 saturated heterocycles. The van der Waals surface area contributed by atoms with E-state index in [1.54, 1.807) is 0 Å². The van der Waals surface area contributed by atoms with Crippen LogP contribution in [-0.4, -0.2) is 58.4 Å². The van der Waals surface area contributed by atoms with Crippen molar-refractivity contribution in [2.45, 2.75) is 64.0 Å². The maximum Gasteiger partial charge on any atom is 0.222 e. The molecular weight excluding hydrogens is 405 g/mol. The van der Waals surface area contributed by atoms with E-state index in [9.17, 15) is 4.79 Å². The minimum absolute atomic E-state index is 0. The molecule has 3 aliphatic rings. The number of hydrogen-bond acceptors (Lipinski definition) is 6. The molecule has 3 aliphatic heterocycles. The molecule has 9 heteroatoms. The summed E-state index contributed by atoms with van der Waals surface area (Å²) in [6.07, 6.45) is 7.62. The third-order valence-electron chi connectivity index (χ3n) is 5.93. The molecule has 0 aromatic carbocycles. The van der Waals surface area contributed by atoms with E-state index < -0.39 is 0 Å². The van der Waals surface area contributed by atoms with Gasteiger partial charge in [-0.05, 0) is 38.0 Å². The van der Waals surface area contributed by atoms with Gasteiger partial charge in [-0.2, -0.15) is 4.37 Å². The summed E-state index contributed by atoms with van der Waals surface area (Å²) in [5.74, 6) is 1.87. The van der Waals surface area contributed by atoms with E-state index in [2.05, 4.69) is 31.4 Å². The largest absolute Gasteiger partial charge is 0.345 e. The Labute approximate surface area is 178 Å². The first-order chi connectivity index (χ1) is 12.2. The molecule has 1 amide bonds. The van der Waals surface area contributed by atoms with Crippen molar-refractivity contribution in [3.05, 3.63) is 5.82 Å². The fourth-order valence-corrected chi connectivity index (χ4v) is 5.39. The Morgan fingerprint density at radius 2 is 1.89 bits per heavy atom. The number of carbonyl (C=O) groups excluding carboxylic acids is 1. The monoisotopic (exact) mass is 435 g/mol. The number of nitrogens with zero attached hydrogens (tertiary/aromatic N) is 4. The summed E-state index contributed by atoms with van der Waals surface area (Å²) < 4.78 is 4.39. The molecule has 2 unspecified atom stereocenters. The molecule has 4 rings (SSSR count). The van der Waals surface area contributed by atoms with E-state index in [-0.39, 0.29) is 24.8 Å². The number of halogens is 2. The Kier molecular flexibility index (Phi) is 8.59. The van der Waals surface area contributed by atoms with Gasteiger partial charge in [-0.25, -0.2) is 4.98 Å². The quantitative estimate of drug-likeness (QED) is 0.787. The molecule has 1 N–H and O–H groups in total. The van der Waals surface area contributed by atoms with Crippen LogP contribution in [0.1, 0.15) is 51.3 Å². The molecule has 154 valence electrons. The molecule has 4 heterocycles. The molecule has 27 heavy (non-hydrogen) atoms. The fourth-order valence-electron chi connectivity index (χ4n) is 4.59. The predicted octanol–water partition coefficient (Wildman–Crippen LogP) is 2.90. The van der Waals surface area contributed by atoms with E-state index >= 15 is 0 Å². The first-order valence-corrected chi connectivity index (χ1v) is 10.6. The summed E-state index contributed by atoms with van der Waals surface area (Å²) >= 11 is 1.49. The first kappa shape index (κ1) is 22.7. The van der Waals surface area contributed by atoms with Crippen LogP contribution in [0.25, 0.3) is 0 Å². The highest BCUT2D eigenvalue weighted by Gasteiger charge is 2.35. The van der Waals surface area contributed by atoms with Gasteiger partial charge in [0, 0.05) is 62.6 Å². The van der Waals surface area contributed by atoms with Crippen molar-refractivity contribution in [2.75, 3.05) is 31.1 Å². The van der Waals surface area contributed by atoms with Gasteiger partial charge in [0.25, 0.3) is 0 Å². The number of nitrogens with one attached hydrogen (secondary N) is 1. The molecular formula is C18H31Cl2N5OS. The number of anilines is 1. The third-order valence-corrected chi connectivity index (χ3v) is 6.74. The second kappa shape index (κ2) is 10.2. The highest BCUT2D eigenvalue weighted by molar-refractivity contribution is 7.09. The van der Waals surface area contributed by atoms with Crippen molar-refractivity contribution >= 4 is 47.4 Å². The average Bonchev–Trinajstić information content (AvgIpc) is 3.13. The van der Waals surface area contributed by atoms with Crippen molar-refractivity contribution in [2.24, 2.45) is 5.92 Å². The lowest BCUT2D eigenvalue weighted by Crippen LogP contribution is -2.41. The highest BCUT2D eigenvalue weighted by Crippen LogP contribution is 2.33. The van der Waals surface area contributed by atoms with E-state index in [0.29, 0.717) is 23.9 Å². The van der Waals surface area contributed by atoms with Gasteiger partial charge in [-0.3, -0.25) is 4.79 Å². The highest BCUT2D eigenvalue weighted by atomic mass is 35.5. The van der Waals surface area contributed by atoms with Crippen molar-refractivity contribution in [3.63, 3.8) is 0 Å². The van der Waals surface area contributed by atoms with Crippen LogP contribution in [0.15, 0.2) is 0 Å². The van der Waals surface area contributed by atoms with Gasteiger partial charge in [0.2, 0.25) is 11.0 Å². The Bertz CT molecular complexity index is 604. The van der Waals surface area contributed by atoms with Crippen molar-refractivity contribution < 1.29 is 4.79 Å². The third kappa shape index (κ3) is 5.46. The zero-order valence-electron chi connectivity index (χ0n) is 15.9. The van der Waals surface area contributed by atoms with Crippen LogP contribution < -0.4 is 10.2 Å². The number of fused-ring (bicyclic) bond motifs is 2. The second-order valence-corrected chi connectivity index (χ2v) is 8.48. The van der Waals surface area contributed by atoms with Gasteiger partial charge in [-0.1, -0.05) is 6.92 Å². The Balaban J connectivity index is 0.00000131. The van der Waals surface area contributed by atoms with E-state index in [1.807, 2.05) is 0 Å². The number of piperidine rings is 1. The standard InChI is InChI=1S/C18H29N5OS.2ClH/c1-2-16-20-18(25-21-16)23-7-3-6-22(8-9-23)17(24)12-13-10-14-4-5-15(11-13)19-14;;/h13-15,19H,2-12H2,1H3;2*1H. The van der Waals surface area contributed by atoms with Gasteiger partial charge in [0.1, 0.15) is 5.82 Å². The average molecular weight is 436 g/mol. The van der Waals surface area contributed by atoms with Crippen LogP contribution in [0.4, 0.5) is 5.13 Å². The SMILES string of the molecule is CCc1nsc(N2CCCN(C(=O)CC3CC4CCC(C3)N4)CC2)n1.Cl.Cl. The Morgan fingerprint density at radius 1 is 1.15 bits per heavy atom. The minimum atomic E-state index is 0. The summed E-state index contributed by atoms with van der Waals surface area (Å²) in [7, 11) is 0. The molecule has 0 saturated carbocycles. The maximum absolute atomic E-state index is 12.8. The van der Waals surface area contributed by atoms with Crippen LogP contribution in [-0.2, 0) is 11.2 Å². The number of aryl methyl sites for hydroxylation is 1. The van der Waals surface area contributed by atoms with Crippen LogP contribution in [0.2, 0.25) is 0 Å². The van der Waals surface area contributed by atoms with E-state index in [0.717, 1.165) is 56.4 Å². The summed E-state index contributed by atoms with van der Waals surface area (Å²) in [6, 6.07) is 1.34. The zero-order chi connectivity index (χ0) is 17.2. The molecule has 0 radical (unpaired) electrons. The van der Waals surface area contributed by atoms with Crippen LogP contribution in [0, 0.1) is 5.92 Å². The molecule has 0 spiro atoms. The smallest absolute Gasteiger partial charge is 0.222 e. The van der Waals surface area contributed by atoms with Gasteiger partial charge in [-0.15, -0.1) is 24.8 Å².